The summed E-state index contributed by atoms with van der Waals surface area (Å²) < 4.78 is 26.2. The van der Waals surface area contributed by atoms with E-state index < -0.39 is 15.6 Å². The van der Waals surface area contributed by atoms with Crippen molar-refractivity contribution in [3.8, 4) is 11.3 Å². The monoisotopic (exact) mass is 398 g/mol. The molecule has 1 N–H and O–H groups in total. The minimum atomic E-state index is -3.23. The van der Waals surface area contributed by atoms with Gasteiger partial charge in [-0.2, -0.15) is 0 Å². The first-order valence-corrected chi connectivity index (χ1v) is 12.0. The smallest absolute Gasteiger partial charge is 0.226 e. The van der Waals surface area contributed by atoms with E-state index in [9.17, 15) is 8.42 Å². The van der Waals surface area contributed by atoms with Gasteiger partial charge in [0.1, 0.15) is 0 Å². The van der Waals surface area contributed by atoms with Gasteiger partial charge in [-0.15, -0.1) is 0 Å². The number of aromatic nitrogens is 2. The van der Waals surface area contributed by atoms with Gasteiger partial charge in [-0.25, -0.2) is 23.1 Å². The average Bonchev–Trinajstić information content (AvgIpc) is 3.24. The van der Waals surface area contributed by atoms with Gasteiger partial charge in [-0.1, -0.05) is 24.3 Å². The molecule has 0 bridgehead atoms. The molecule has 5 rings (SSSR count). The third-order valence-corrected chi connectivity index (χ3v) is 7.10. The van der Waals surface area contributed by atoms with E-state index in [1.807, 2.05) is 0 Å². The van der Waals surface area contributed by atoms with Crippen molar-refractivity contribution in [1.29, 1.82) is 0 Å². The number of anilines is 1. The number of benzene rings is 1. The molecule has 1 aromatic carbocycles. The summed E-state index contributed by atoms with van der Waals surface area (Å²) in [5, 5.41) is 0. The third kappa shape index (κ3) is 3.10. The molecule has 1 atom stereocenters. The normalized spacial score (nSPS) is 22.6. The molecule has 2 fully saturated rings. The summed E-state index contributed by atoms with van der Waals surface area (Å²) in [6.45, 7) is 3.25. The first kappa shape index (κ1) is 18.1. The maximum Gasteiger partial charge on any atom is 0.226 e. The summed E-state index contributed by atoms with van der Waals surface area (Å²) in [5.74, 6) is 0.857. The molecule has 2 aromatic rings. The van der Waals surface area contributed by atoms with E-state index in [1.54, 1.807) is 0 Å². The van der Waals surface area contributed by atoms with E-state index >= 15 is 0 Å². The van der Waals surface area contributed by atoms with E-state index in [0.29, 0.717) is 6.04 Å². The minimum Gasteiger partial charge on any atom is -0.338 e. The highest BCUT2D eigenvalue weighted by atomic mass is 32.2. The number of hydrogen-bond donors (Lipinski definition) is 1. The van der Waals surface area contributed by atoms with E-state index in [4.69, 9.17) is 9.97 Å². The van der Waals surface area contributed by atoms with Crippen LogP contribution in [0.3, 0.4) is 0 Å². The highest BCUT2D eigenvalue weighted by molar-refractivity contribution is 7.88. The number of rotatable bonds is 5. The van der Waals surface area contributed by atoms with Crippen molar-refractivity contribution < 1.29 is 8.42 Å². The Labute approximate surface area is 166 Å². The van der Waals surface area contributed by atoms with Crippen molar-refractivity contribution in [3.05, 3.63) is 41.1 Å². The van der Waals surface area contributed by atoms with Gasteiger partial charge in [0.2, 0.25) is 16.0 Å². The summed E-state index contributed by atoms with van der Waals surface area (Å²) in [5.41, 5.74) is 5.22. The van der Waals surface area contributed by atoms with E-state index in [-0.39, 0.29) is 0 Å². The number of nitrogens with zero attached hydrogens (tertiary/aromatic N) is 3. The highest BCUT2D eigenvalue weighted by Crippen LogP contribution is 2.46. The van der Waals surface area contributed by atoms with Crippen molar-refractivity contribution in [2.45, 2.75) is 57.0 Å². The second-order valence-corrected chi connectivity index (χ2v) is 10.3. The second kappa shape index (κ2) is 6.26. The largest absolute Gasteiger partial charge is 0.338 e. The van der Waals surface area contributed by atoms with Crippen LogP contribution in [0.2, 0.25) is 0 Å². The Morgan fingerprint density at radius 2 is 1.89 bits per heavy atom. The van der Waals surface area contributed by atoms with Crippen LogP contribution >= 0.6 is 0 Å². The van der Waals surface area contributed by atoms with Crippen molar-refractivity contribution in [1.82, 2.24) is 14.7 Å². The maximum atomic E-state index is 11.7. The van der Waals surface area contributed by atoms with Crippen LogP contribution in [-0.4, -0.2) is 37.2 Å². The van der Waals surface area contributed by atoms with Crippen LogP contribution in [0.4, 0.5) is 5.95 Å². The molecular weight excluding hydrogens is 372 g/mol. The summed E-state index contributed by atoms with van der Waals surface area (Å²) in [4.78, 5) is 12.1. The molecule has 1 saturated carbocycles. The first-order valence-electron chi connectivity index (χ1n) is 10.1. The predicted octanol–water partition coefficient (Wildman–Crippen LogP) is 2.77. The zero-order valence-corrected chi connectivity index (χ0v) is 17.2. The Morgan fingerprint density at radius 3 is 2.46 bits per heavy atom. The summed E-state index contributed by atoms with van der Waals surface area (Å²) in [6.07, 6.45) is 7.30. The molecule has 1 aromatic heterocycles. The van der Waals surface area contributed by atoms with Crippen LogP contribution in [0.5, 0.6) is 0 Å². The predicted molar refractivity (Wildman–Crippen MR) is 110 cm³/mol. The van der Waals surface area contributed by atoms with Gasteiger partial charge in [-0.05, 0) is 51.0 Å². The molecule has 1 saturated heterocycles. The lowest BCUT2D eigenvalue weighted by Crippen LogP contribution is -2.46. The lowest BCUT2D eigenvalue weighted by molar-refractivity contribution is 0.470. The molecule has 1 aliphatic heterocycles. The number of nitrogens with one attached hydrogen (secondary N) is 1. The second-order valence-electron chi connectivity index (χ2n) is 8.52. The van der Waals surface area contributed by atoms with Gasteiger partial charge in [-0.3, -0.25) is 0 Å². The maximum absolute atomic E-state index is 11.7. The Balaban J connectivity index is 1.50. The summed E-state index contributed by atoms with van der Waals surface area (Å²) in [7, 11) is -3.23. The fourth-order valence-electron chi connectivity index (χ4n) is 4.48. The number of sulfonamides is 1. The molecule has 1 unspecified atom stereocenters. The Kier molecular flexibility index (Phi) is 4.04. The average molecular weight is 399 g/mol. The minimum absolute atomic E-state index is 0.419. The quantitative estimate of drug-likeness (QED) is 0.838. The standard InChI is InChI=1S/C21H26N4O2S/c1-14-10-13-25(14)20-22-18-5-3-4-17(18)19(23-20)15-6-8-16(9-7-15)21(11-12-21)24-28(2,26)27/h6-9,14,24H,3-5,10-13H2,1-2H3. The molecular formula is C21H26N4O2S. The van der Waals surface area contributed by atoms with Crippen LogP contribution in [0.15, 0.2) is 24.3 Å². The molecule has 7 heteroatoms. The van der Waals surface area contributed by atoms with Crippen LogP contribution in [0.1, 0.15) is 49.4 Å². The van der Waals surface area contributed by atoms with Crippen LogP contribution < -0.4 is 9.62 Å². The van der Waals surface area contributed by atoms with Crippen molar-refractivity contribution in [3.63, 3.8) is 0 Å². The first-order chi connectivity index (χ1) is 13.3. The number of hydrogen-bond acceptors (Lipinski definition) is 5. The Hall–Kier alpha value is -1.99. The van der Waals surface area contributed by atoms with Gasteiger partial charge in [0.15, 0.2) is 0 Å². The highest BCUT2D eigenvalue weighted by Gasteiger charge is 2.46. The fourth-order valence-corrected chi connectivity index (χ4v) is 5.51. The van der Waals surface area contributed by atoms with Crippen molar-refractivity contribution in [2.75, 3.05) is 17.7 Å². The van der Waals surface area contributed by atoms with Crippen molar-refractivity contribution >= 4 is 16.0 Å². The van der Waals surface area contributed by atoms with Gasteiger partial charge in [0, 0.05) is 29.4 Å². The number of aryl methyl sites for hydroxylation is 1. The molecule has 2 heterocycles. The molecule has 148 valence electrons. The SMILES string of the molecule is CC1CCN1c1nc2c(c(-c3ccc(C4(NS(C)(=O)=O)CC4)cc3)n1)CCC2. The van der Waals surface area contributed by atoms with Crippen LogP contribution in [-0.2, 0) is 28.4 Å². The van der Waals surface area contributed by atoms with Crippen LogP contribution in [0, 0.1) is 0 Å². The molecule has 0 amide bonds. The summed E-state index contributed by atoms with van der Waals surface area (Å²) >= 11 is 0. The summed E-state index contributed by atoms with van der Waals surface area (Å²) in [6, 6.07) is 8.78. The zero-order chi connectivity index (χ0) is 19.5. The zero-order valence-electron chi connectivity index (χ0n) is 16.4. The van der Waals surface area contributed by atoms with Gasteiger partial charge >= 0.3 is 0 Å². The van der Waals surface area contributed by atoms with Crippen LogP contribution in [0.25, 0.3) is 11.3 Å². The molecule has 0 spiro atoms. The van der Waals surface area contributed by atoms with E-state index in [2.05, 4.69) is 40.8 Å². The Morgan fingerprint density at radius 1 is 1.14 bits per heavy atom. The molecule has 3 aliphatic rings. The molecule has 0 radical (unpaired) electrons. The fraction of sp³-hybridized carbons (Fsp3) is 0.524. The van der Waals surface area contributed by atoms with Gasteiger partial charge in [0.05, 0.1) is 17.5 Å². The van der Waals surface area contributed by atoms with E-state index in [0.717, 1.165) is 61.4 Å². The third-order valence-electron chi connectivity index (χ3n) is 6.34. The number of fused-ring (bicyclic) bond motifs is 1. The Bertz CT molecular complexity index is 1030. The molecule has 28 heavy (non-hydrogen) atoms. The molecule has 2 aliphatic carbocycles. The van der Waals surface area contributed by atoms with Crippen molar-refractivity contribution in [2.24, 2.45) is 0 Å². The van der Waals surface area contributed by atoms with E-state index in [1.165, 1.54) is 23.9 Å². The molecule has 6 nitrogen and oxygen atoms in total. The lowest BCUT2D eigenvalue weighted by Gasteiger charge is -2.39. The van der Waals surface area contributed by atoms with Gasteiger partial charge < -0.3 is 4.90 Å². The topological polar surface area (TPSA) is 75.2 Å². The van der Waals surface area contributed by atoms with Gasteiger partial charge in [0.25, 0.3) is 0 Å². The lowest BCUT2D eigenvalue weighted by atomic mass is 10.00.